The smallest absolute Gasteiger partial charge is 0.341 e. The molecule has 25 heavy (non-hydrogen) atoms. The number of oxime groups is 1. The van der Waals surface area contributed by atoms with E-state index in [1.165, 1.54) is 27.6 Å². The van der Waals surface area contributed by atoms with Gasteiger partial charge >= 0.3 is 5.97 Å². The quantitative estimate of drug-likeness (QED) is 0.201. The van der Waals surface area contributed by atoms with E-state index in [0.29, 0.717) is 16.9 Å². The number of carbonyl (C=O) groups excluding carboxylic acids is 1. The number of para-hydroxylation sites is 1. The predicted octanol–water partition coefficient (Wildman–Crippen LogP) is 3.23. The Labute approximate surface area is 146 Å². The molecule has 2 aromatic rings. The monoisotopic (exact) mass is 341 g/mol. The summed E-state index contributed by atoms with van der Waals surface area (Å²) in [6, 6.07) is 16.2. The van der Waals surface area contributed by atoms with Crippen LogP contribution in [-0.2, 0) is 19.0 Å². The first-order valence-electron chi connectivity index (χ1n) is 7.46. The average Bonchev–Trinajstić information content (AvgIpc) is 2.67. The molecule has 0 radical (unpaired) electrons. The van der Waals surface area contributed by atoms with E-state index < -0.39 is 5.97 Å². The lowest BCUT2D eigenvalue weighted by molar-refractivity contribution is -0.133. The summed E-state index contributed by atoms with van der Waals surface area (Å²) in [5.41, 5.74) is 1.35. The molecule has 2 rings (SSSR count). The fourth-order valence-electron chi connectivity index (χ4n) is 2.13. The van der Waals surface area contributed by atoms with E-state index in [4.69, 9.17) is 19.0 Å². The van der Waals surface area contributed by atoms with Crippen LogP contribution >= 0.6 is 0 Å². The van der Waals surface area contributed by atoms with Crippen molar-refractivity contribution in [3.05, 3.63) is 72.0 Å². The van der Waals surface area contributed by atoms with Crippen LogP contribution in [0.15, 0.2) is 66.0 Å². The molecule has 0 fully saturated rings. The zero-order valence-corrected chi connectivity index (χ0v) is 14.3. The molecular formula is C19H19NO5. The summed E-state index contributed by atoms with van der Waals surface area (Å²) in [4.78, 5) is 17.5. The minimum atomic E-state index is -0.534. The molecule has 0 spiro atoms. The zero-order chi connectivity index (χ0) is 18.1. The number of methoxy groups -OCH3 is 3. The van der Waals surface area contributed by atoms with Gasteiger partial charge in [-0.3, -0.25) is 0 Å². The summed E-state index contributed by atoms with van der Waals surface area (Å²) in [6.45, 7) is 0. The largest absolute Gasteiger partial charge is 0.503 e. The second-order valence-corrected chi connectivity index (χ2v) is 4.81. The molecule has 0 aliphatic heterocycles. The number of benzene rings is 2. The third-order valence-electron chi connectivity index (χ3n) is 3.26. The highest BCUT2D eigenvalue weighted by Gasteiger charge is 2.20. The average molecular weight is 341 g/mol. The first kappa shape index (κ1) is 18.1. The van der Waals surface area contributed by atoms with Gasteiger partial charge in [0.2, 0.25) is 0 Å². The maximum absolute atomic E-state index is 12.1. The second-order valence-electron chi connectivity index (χ2n) is 4.81. The van der Waals surface area contributed by atoms with Gasteiger partial charge in [0.05, 0.1) is 27.6 Å². The van der Waals surface area contributed by atoms with E-state index in [-0.39, 0.29) is 11.5 Å². The van der Waals surface area contributed by atoms with Crippen LogP contribution in [0, 0.1) is 0 Å². The number of nitrogens with zero attached hydrogens (tertiary/aromatic N) is 1. The van der Waals surface area contributed by atoms with E-state index in [1.54, 1.807) is 36.4 Å². The lowest BCUT2D eigenvalue weighted by Gasteiger charge is -2.12. The molecule has 0 aliphatic carbocycles. The van der Waals surface area contributed by atoms with Crippen LogP contribution in [0.2, 0.25) is 0 Å². The lowest BCUT2D eigenvalue weighted by Crippen LogP contribution is -2.12. The normalized spacial score (nSPS) is 11.6. The van der Waals surface area contributed by atoms with Gasteiger partial charge in [-0.1, -0.05) is 36.4 Å². The van der Waals surface area contributed by atoms with E-state index in [1.807, 2.05) is 18.2 Å². The SMILES string of the molecule is COC=C(C(=O)OC)c1ccccc1C(=NOc1ccccc1)OC. The molecule has 0 amide bonds. The maximum Gasteiger partial charge on any atom is 0.341 e. The molecule has 6 nitrogen and oxygen atoms in total. The van der Waals surface area contributed by atoms with Gasteiger partial charge in [-0.25, -0.2) is 4.79 Å². The lowest BCUT2D eigenvalue weighted by atomic mass is 10.0. The fourth-order valence-corrected chi connectivity index (χ4v) is 2.13. The molecule has 2 aromatic carbocycles. The van der Waals surface area contributed by atoms with Crippen molar-refractivity contribution in [1.82, 2.24) is 0 Å². The Morgan fingerprint density at radius 1 is 0.880 bits per heavy atom. The Balaban J connectivity index is 2.43. The topological polar surface area (TPSA) is 66.4 Å². The number of hydrogen-bond acceptors (Lipinski definition) is 6. The number of hydrogen-bond donors (Lipinski definition) is 0. The minimum absolute atomic E-state index is 0.213. The molecule has 0 unspecified atom stereocenters. The number of esters is 1. The fraction of sp³-hybridized carbons (Fsp3) is 0.158. The van der Waals surface area contributed by atoms with Crippen molar-refractivity contribution in [3.8, 4) is 5.75 Å². The van der Waals surface area contributed by atoms with Crippen molar-refractivity contribution in [1.29, 1.82) is 0 Å². The number of rotatable bonds is 6. The minimum Gasteiger partial charge on any atom is -0.503 e. The Morgan fingerprint density at radius 2 is 1.52 bits per heavy atom. The Hall–Kier alpha value is -3.28. The molecule has 130 valence electrons. The van der Waals surface area contributed by atoms with Crippen LogP contribution in [0.3, 0.4) is 0 Å². The summed E-state index contributed by atoms with van der Waals surface area (Å²) in [6.07, 6.45) is 1.32. The van der Waals surface area contributed by atoms with E-state index in [9.17, 15) is 4.79 Å². The van der Waals surface area contributed by atoms with Gasteiger partial charge in [-0.05, 0) is 23.4 Å². The molecule has 0 aromatic heterocycles. The predicted molar refractivity (Wildman–Crippen MR) is 94.1 cm³/mol. The van der Waals surface area contributed by atoms with Crippen molar-refractivity contribution < 1.29 is 23.8 Å². The van der Waals surface area contributed by atoms with Crippen molar-refractivity contribution in [2.45, 2.75) is 0 Å². The van der Waals surface area contributed by atoms with Crippen LogP contribution < -0.4 is 4.84 Å². The van der Waals surface area contributed by atoms with Crippen molar-refractivity contribution in [2.24, 2.45) is 5.16 Å². The van der Waals surface area contributed by atoms with Crippen molar-refractivity contribution >= 4 is 17.4 Å². The van der Waals surface area contributed by atoms with Crippen LogP contribution in [0.1, 0.15) is 11.1 Å². The summed E-state index contributed by atoms with van der Waals surface area (Å²) in [5.74, 6) is 0.245. The van der Waals surface area contributed by atoms with Crippen LogP contribution in [-0.4, -0.2) is 33.2 Å². The standard InChI is InChI=1S/C19H19NO5/c1-22-13-17(19(21)24-3)15-11-7-8-12-16(15)18(23-2)20-25-14-9-5-4-6-10-14/h4-13H,1-3H3. The van der Waals surface area contributed by atoms with Gasteiger partial charge in [-0.15, -0.1) is 0 Å². The molecule has 0 saturated heterocycles. The van der Waals surface area contributed by atoms with E-state index in [0.717, 1.165) is 0 Å². The highest BCUT2D eigenvalue weighted by Crippen LogP contribution is 2.22. The van der Waals surface area contributed by atoms with Crippen LogP contribution in [0.4, 0.5) is 0 Å². The van der Waals surface area contributed by atoms with Crippen LogP contribution in [0.5, 0.6) is 5.75 Å². The van der Waals surface area contributed by atoms with Crippen LogP contribution in [0.25, 0.3) is 5.57 Å². The van der Waals surface area contributed by atoms with Crippen molar-refractivity contribution in [2.75, 3.05) is 21.3 Å². The highest BCUT2D eigenvalue weighted by atomic mass is 16.6. The highest BCUT2D eigenvalue weighted by molar-refractivity contribution is 6.19. The first-order valence-corrected chi connectivity index (χ1v) is 7.46. The number of carbonyl (C=O) groups is 1. The maximum atomic E-state index is 12.1. The Bertz CT molecular complexity index is 768. The van der Waals surface area contributed by atoms with Gasteiger partial charge in [0.25, 0.3) is 5.90 Å². The summed E-state index contributed by atoms with van der Waals surface area (Å²) >= 11 is 0. The Kier molecular flexibility index (Phi) is 6.59. The summed E-state index contributed by atoms with van der Waals surface area (Å²) in [7, 11) is 4.23. The van der Waals surface area contributed by atoms with E-state index >= 15 is 0 Å². The molecule has 0 N–H and O–H groups in total. The molecule has 0 atom stereocenters. The third kappa shape index (κ3) is 4.60. The Morgan fingerprint density at radius 3 is 2.12 bits per heavy atom. The molecule has 0 heterocycles. The third-order valence-corrected chi connectivity index (χ3v) is 3.26. The van der Waals surface area contributed by atoms with Gasteiger partial charge < -0.3 is 19.0 Å². The second kappa shape index (κ2) is 9.12. The summed E-state index contributed by atoms with van der Waals surface area (Å²) in [5, 5.41) is 4.05. The zero-order valence-electron chi connectivity index (χ0n) is 14.3. The first-order chi connectivity index (χ1) is 12.2. The van der Waals surface area contributed by atoms with E-state index in [2.05, 4.69) is 5.16 Å². The molecule has 0 saturated carbocycles. The van der Waals surface area contributed by atoms with Gasteiger partial charge in [0.15, 0.2) is 5.75 Å². The molecule has 6 heteroatoms. The summed E-state index contributed by atoms with van der Waals surface area (Å²) < 4.78 is 15.2. The van der Waals surface area contributed by atoms with Gasteiger partial charge in [0, 0.05) is 11.1 Å². The van der Waals surface area contributed by atoms with Gasteiger partial charge in [-0.2, -0.15) is 0 Å². The molecular weight excluding hydrogens is 322 g/mol. The molecule has 0 bridgehead atoms. The number of ether oxygens (including phenoxy) is 3. The van der Waals surface area contributed by atoms with Gasteiger partial charge in [0.1, 0.15) is 5.57 Å². The molecule has 0 aliphatic rings. The van der Waals surface area contributed by atoms with Crippen molar-refractivity contribution in [3.63, 3.8) is 0 Å².